The Hall–Kier alpha value is -2.01. The molecule has 0 aliphatic rings. The second-order valence-electron chi connectivity index (χ2n) is 3.53. The maximum Gasteiger partial charge on any atom is 0.250 e. The number of rotatable bonds is 3. The summed E-state index contributed by atoms with van der Waals surface area (Å²) in [5.41, 5.74) is 7.28. The molecule has 6 heteroatoms. The van der Waals surface area contributed by atoms with E-state index >= 15 is 0 Å². The topological polar surface area (TPSA) is 70.8 Å². The molecule has 5 nitrogen and oxygen atoms in total. The van der Waals surface area contributed by atoms with Crippen molar-refractivity contribution in [1.82, 2.24) is 15.2 Å². The third-order valence-electron chi connectivity index (χ3n) is 2.32. The highest BCUT2D eigenvalue weighted by Gasteiger charge is 2.10. The van der Waals surface area contributed by atoms with Gasteiger partial charge >= 0.3 is 0 Å². The predicted octanol–water partition coefficient (Wildman–Crippen LogP) is 2.45. The molecule has 0 fully saturated rings. The number of aromatic amines is 1. The maximum absolute atomic E-state index is 6.02. The van der Waals surface area contributed by atoms with Gasteiger partial charge in [-0.2, -0.15) is 4.98 Å². The zero-order chi connectivity index (χ0) is 12.4. The molecule has 0 radical (unpaired) electrons. The molecule has 0 saturated carbocycles. The number of nitrogens with two attached hydrogens (primary N) is 1. The quantitative estimate of drug-likeness (QED) is 0.877. The lowest BCUT2D eigenvalue weighted by Crippen LogP contribution is -2.11. The molecule has 1 heterocycles. The van der Waals surface area contributed by atoms with Gasteiger partial charge in [0, 0.05) is 17.8 Å². The molecule has 0 aliphatic carbocycles. The Morgan fingerprint density at radius 2 is 2.24 bits per heavy atom. The zero-order valence-electron chi connectivity index (χ0n) is 9.31. The first kappa shape index (κ1) is 11.5. The van der Waals surface area contributed by atoms with Gasteiger partial charge in [-0.1, -0.05) is 24.3 Å². The summed E-state index contributed by atoms with van der Waals surface area (Å²) < 4.78 is 0. The second kappa shape index (κ2) is 4.47. The average Bonchev–Trinajstić information content (AvgIpc) is 2.74. The first-order chi connectivity index (χ1) is 8.10. The van der Waals surface area contributed by atoms with Crippen molar-refractivity contribution in [3.8, 4) is 0 Å². The van der Waals surface area contributed by atoms with Crippen LogP contribution in [0.15, 0.2) is 24.8 Å². The molecule has 2 rings (SSSR count). The Morgan fingerprint density at radius 3 is 2.82 bits per heavy atom. The third-order valence-corrected chi connectivity index (χ3v) is 2.54. The SMILES string of the molecule is C=Cc1cc(Cl)cc(N(C)c2n[nH]c(N)n2)c1. The number of hydrogen-bond donors (Lipinski definition) is 2. The summed E-state index contributed by atoms with van der Waals surface area (Å²) >= 11 is 6.02. The van der Waals surface area contributed by atoms with E-state index in [1.807, 2.05) is 25.2 Å². The highest BCUT2D eigenvalue weighted by molar-refractivity contribution is 6.31. The number of nitrogen functional groups attached to an aromatic ring is 1. The van der Waals surface area contributed by atoms with Crippen LogP contribution < -0.4 is 10.6 Å². The number of aromatic nitrogens is 3. The third kappa shape index (κ3) is 2.39. The van der Waals surface area contributed by atoms with Gasteiger partial charge in [0.25, 0.3) is 5.95 Å². The summed E-state index contributed by atoms with van der Waals surface area (Å²) in [4.78, 5) is 5.82. The zero-order valence-corrected chi connectivity index (χ0v) is 10.1. The number of nitrogens with zero attached hydrogens (tertiary/aromatic N) is 3. The summed E-state index contributed by atoms with van der Waals surface area (Å²) in [6.45, 7) is 3.71. The van der Waals surface area contributed by atoms with Gasteiger partial charge in [-0.15, -0.1) is 5.10 Å². The summed E-state index contributed by atoms with van der Waals surface area (Å²) in [6, 6.07) is 5.59. The molecule has 0 unspecified atom stereocenters. The minimum atomic E-state index is 0.276. The fraction of sp³-hybridized carbons (Fsp3) is 0.0909. The van der Waals surface area contributed by atoms with Crippen molar-refractivity contribution in [2.45, 2.75) is 0 Å². The molecular weight excluding hydrogens is 238 g/mol. The molecule has 0 bridgehead atoms. The van der Waals surface area contributed by atoms with Gasteiger partial charge in [0.1, 0.15) is 0 Å². The van der Waals surface area contributed by atoms with Crippen molar-refractivity contribution >= 4 is 35.3 Å². The fourth-order valence-electron chi connectivity index (χ4n) is 1.44. The lowest BCUT2D eigenvalue weighted by atomic mass is 10.2. The lowest BCUT2D eigenvalue weighted by Gasteiger charge is -2.15. The van der Waals surface area contributed by atoms with E-state index in [-0.39, 0.29) is 5.95 Å². The molecule has 88 valence electrons. The predicted molar refractivity (Wildman–Crippen MR) is 70.4 cm³/mol. The Morgan fingerprint density at radius 1 is 1.47 bits per heavy atom. The Kier molecular flexibility index (Phi) is 3.01. The average molecular weight is 250 g/mol. The summed E-state index contributed by atoms with van der Waals surface area (Å²) in [5.74, 6) is 0.762. The molecule has 1 aromatic heterocycles. The number of anilines is 3. The Balaban J connectivity index is 2.39. The molecule has 17 heavy (non-hydrogen) atoms. The number of halogens is 1. The van der Waals surface area contributed by atoms with Crippen molar-refractivity contribution < 1.29 is 0 Å². The summed E-state index contributed by atoms with van der Waals surface area (Å²) in [6.07, 6.45) is 1.73. The van der Waals surface area contributed by atoms with Crippen molar-refractivity contribution in [3.63, 3.8) is 0 Å². The number of benzene rings is 1. The Labute approximate surface area is 104 Å². The van der Waals surface area contributed by atoms with Crippen LogP contribution in [0, 0.1) is 0 Å². The summed E-state index contributed by atoms with van der Waals surface area (Å²) in [7, 11) is 1.83. The van der Waals surface area contributed by atoms with Crippen LogP contribution in [0.4, 0.5) is 17.6 Å². The van der Waals surface area contributed by atoms with Gasteiger partial charge < -0.3 is 10.6 Å². The number of nitrogens with one attached hydrogen (secondary N) is 1. The van der Waals surface area contributed by atoms with Crippen LogP contribution in [-0.4, -0.2) is 22.2 Å². The number of hydrogen-bond acceptors (Lipinski definition) is 4. The van der Waals surface area contributed by atoms with E-state index < -0.39 is 0 Å². The van der Waals surface area contributed by atoms with Crippen molar-refractivity contribution in [3.05, 3.63) is 35.4 Å². The second-order valence-corrected chi connectivity index (χ2v) is 3.96. The minimum Gasteiger partial charge on any atom is -0.368 e. The van der Waals surface area contributed by atoms with E-state index in [0.29, 0.717) is 11.0 Å². The normalized spacial score (nSPS) is 10.2. The van der Waals surface area contributed by atoms with Gasteiger partial charge in [-0.25, -0.2) is 5.10 Å². The van der Waals surface area contributed by atoms with Gasteiger partial charge in [0.15, 0.2) is 0 Å². The van der Waals surface area contributed by atoms with Crippen LogP contribution in [0.3, 0.4) is 0 Å². The highest BCUT2D eigenvalue weighted by atomic mass is 35.5. The van der Waals surface area contributed by atoms with Gasteiger partial charge in [-0.3, -0.25) is 0 Å². The van der Waals surface area contributed by atoms with E-state index in [4.69, 9.17) is 17.3 Å². The molecule has 0 saturated heterocycles. The van der Waals surface area contributed by atoms with Gasteiger partial charge in [-0.05, 0) is 23.8 Å². The van der Waals surface area contributed by atoms with Crippen LogP contribution in [0.1, 0.15) is 5.56 Å². The van der Waals surface area contributed by atoms with Gasteiger partial charge in [0.2, 0.25) is 5.95 Å². The van der Waals surface area contributed by atoms with E-state index in [1.54, 1.807) is 11.0 Å². The molecule has 0 spiro atoms. The molecule has 0 amide bonds. The smallest absolute Gasteiger partial charge is 0.250 e. The number of H-pyrrole nitrogens is 1. The molecule has 0 aliphatic heterocycles. The molecule has 2 aromatic rings. The van der Waals surface area contributed by atoms with Gasteiger partial charge in [0.05, 0.1) is 0 Å². The minimum absolute atomic E-state index is 0.276. The first-order valence-electron chi connectivity index (χ1n) is 4.95. The van der Waals surface area contributed by atoms with E-state index in [1.165, 1.54) is 0 Å². The van der Waals surface area contributed by atoms with Crippen molar-refractivity contribution in [1.29, 1.82) is 0 Å². The molecular formula is C11H12ClN5. The largest absolute Gasteiger partial charge is 0.368 e. The van der Waals surface area contributed by atoms with Crippen LogP contribution in [0.5, 0.6) is 0 Å². The standard InChI is InChI=1S/C11H12ClN5/c1-3-7-4-8(12)6-9(5-7)17(2)11-14-10(13)15-16-11/h3-6H,1H2,2H3,(H3,13,14,15,16). The fourth-order valence-corrected chi connectivity index (χ4v) is 1.68. The highest BCUT2D eigenvalue weighted by Crippen LogP contribution is 2.26. The molecule has 0 atom stereocenters. The first-order valence-corrected chi connectivity index (χ1v) is 5.32. The van der Waals surface area contributed by atoms with Crippen LogP contribution in [0.2, 0.25) is 5.02 Å². The van der Waals surface area contributed by atoms with E-state index in [0.717, 1.165) is 11.3 Å². The Bertz CT molecular complexity index is 549. The van der Waals surface area contributed by atoms with Crippen molar-refractivity contribution in [2.75, 3.05) is 17.7 Å². The maximum atomic E-state index is 6.02. The molecule has 1 aromatic carbocycles. The van der Waals surface area contributed by atoms with E-state index in [2.05, 4.69) is 21.8 Å². The van der Waals surface area contributed by atoms with Crippen molar-refractivity contribution in [2.24, 2.45) is 0 Å². The van der Waals surface area contributed by atoms with Crippen LogP contribution in [-0.2, 0) is 0 Å². The van der Waals surface area contributed by atoms with Crippen LogP contribution >= 0.6 is 11.6 Å². The summed E-state index contributed by atoms with van der Waals surface area (Å²) in [5, 5.41) is 7.19. The molecule has 3 N–H and O–H groups in total. The van der Waals surface area contributed by atoms with E-state index in [9.17, 15) is 0 Å². The lowest BCUT2D eigenvalue weighted by molar-refractivity contribution is 1.03. The van der Waals surface area contributed by atoms with Crippen LogP contribution in [0.25, 0.3) is 6.08 Å². The monoisotopic (exact) mass is 249 g/mol.